The van der Waals surface area contributed by atoms with Crippen LogP contribution in [0.25, 0.3) is 0 Å². The smallest absolute Gasteiger partial charge is 0.251 e. The van der Waals surface area contributed by atoms with Crippen LogP contribution in [0.15, 0.2) is 18.2 Å². The predicted molar refractivity (Wildman–Crippen MR) is 85.6 cm³/mol. The first-order chi connectivity index (χ1) is 9.93. The number of anilines is 1. The molecule has 0 atom stereocenters. The van der Waals surface area contributed by atoms with Crippen LogP contribution in [0.3, 0.4) is 0 Å². The molecule has 2 amide bonds. The van der Waals surface area contributed by atoms with Gasteiger partial charge in [-0.3, -0.25) is 9.59 Å². The van der Waals surface area contributed by atoms with Crippen molar-refractivity contribution in [2.75, 3.05) is 18.4 Å². The van der Waals surface area contributed by atoms with Crippen molar-refractivity contribution in [1.29, 1.82) is 0 Å². The lowest BCUT2D eigenvalue weighted by Gasteiger charge is -2.12. The molecule has 0 heterocycles. The zero-order valence-corrected chi connectivity index (χ0v) is 13.2. The highest BCUT2D eigenvalue weighted by Crippen LogP contribution is 2.16. The van der Waals surface area contributed by atoms with Gasteiger partial charge in [0.15, 0.2) is 0 Å². The maximum Gasteiger partial charge on any atom is 0.251 e. The van der Waals surface area contributed by atoms with Crippen LogP contribution >= 0.6 is 0 Å². The number of carbonyl (C=O) groups is 2. The van der Waals surface area contributed by atoms with E-state index in [0.717, 1.165) is 17.7 Å². The lowest BCUT2D eigenvalue weighted by molar-refractivity contribution is -0.119. The highest BCUT2D eigenvalue weighted by atomic mass is 16.2. The number of amides is 2. The second-order valence-corrected chi connectivity index (χ2v) is 5.36. The number of aryl methyl sites for hydroxylation is 1. The molecule has 5 nitrogen and oxygen atoms in total. The summed E-state index contributed by atoms with van der Waals surface area (Å²) in [6.07, 6.45) is 0.921. The molecule has 116 valence electrons. The summed E-state index contributed by atoms with van der Waals surface area (Å²) in [5.74, 6) is -0.113. The highest BCUT2D eigenvalue weighted by Gasteiger charge is 2.09. The Morgan fingerprint density at radius 1 is 1.24 bits per heavy atom. The average molecular weight is 291 g/mol. The molecular formula is C16H25N3O2. The maximum absolute atomic E-state index is 11.9. The Hall–Kier alpha value is -2.04. The molecule has 0 saturated carbocycles. The second-order valence-electron chi connectivity index (χ2n) is 5.36. The van der Waals surface area contributed by atoms with Gasteiger partial charge in [0.25, 0.3) is 5.91 Å². The summed E-state index contributed by atoms with van der Waals surface area (Å²) >= 11 is 0. The molecule has 0 aliphatic rings. The number of carbonyl (C=O) groups excluding carboxylic acids is 2. The van der Waals surface area contributed by atoms with E-state index >= 15 is 0 Å². The van der Waals surface area contributed by atoms with Crippen LogP contribution in [0.5, 0.6) is 0 Å². The van der Waals surface area contributed by atoms with Crippen LogP contribution in [0.1, 0.15) is 43.1 Å². The minimum atomic E-state index is -0.0830. The monoisotopic (exact) mass is 291 g/mol. The van der Waals surface area contributed by atoms with Gasteiger partial charge in [-0.05, 0) is 51.0 Å². The van der Waals surface area contributed by atoms with Crippen molar-refractivity contribution in [3.63, 3.8) is 0 Å². The van der Waals surface area contributed by atoms with E-state index in [1.807, 2.05) is 39.8 Å². The molecule has 0 unspecified atom stereocenters. The predicted octanol–water partition coefficient (Wildman–Crippen LogP) is 2.07. The average Bonchev–Trinajstić information content (AvgIpc) is 2.42. The number of hydrogen-bond acceptors (Lipinski definition) is 3. The molecule has 1 aromatic carbocycles. The summed E-state index contributed by atoms with van der Waals surface area (Å²) in [5, 5.41) is 8.75. The van der Waals surface area contributed by atoms with Crippen LogP contribution in [-0.4, -0.2) is 30.9 Å². The molecule has 0 radical (unpaired) electrons. The van der Waals surface area contributed by atoms with Crippen molar-refractivity contribution in [3.05, 3.63) is 29.3 Å². The molecule has 21 heavy (non-hydrogen) atoms. The first-order valence-electron chi connectivity index (χ1n) is 7.36. The molecule has 1 rings (SSSR count). The van der Waals surface area contributed by atoms with E-state index in [1.165, 1.54) is 0 Å². The molecule has 0 aromatic heterocycles. The van der Waals surface area contributed by atoms with Crippen molar-refractivity contribution in [3.8, 4) is 0 Å². The summed E-state index contributed by atoms with van der Waals surface area (Å²) in [7, 11) is 0. The Balaban J connectivity index is 2.62. The first kappa shape index (κ1) is 17.0. The summed E-state index contributed by atoms with van der Waals surface area (Å²) < 4.78 is 0. The summed E-state index contributed by atoms with van der Waals surface area (Å²) in [6, 6.07) is 5.52. The maximum atomic E-state index is 11.9. The Morgan fingerprint density at radius 3 is 2.52 bits per heavy atom. The summed E-state index contributed by atoms with van der Waals surface area (Å²) in [5.41, 5.74) is 2.43. The van der Waals surface area contributed by atoms with E-state index in [1.54, 1.807) is 6.07 Å². The molecule has 0 aliphatic carbocycles. The Morgan fingerprint density at radius 2 is 1.95 bits per heavy atom. The molecule has 0 bridgehead atoms. The van der Waals surface area contributed by atoms with Gasteiger partial charge in [0.1, 0.15) is 0 Å². The minimum absolute atomic E-state index is 0.0297. The molecule has 5 heteroatoms. The standard InChI is InChI=1S/C16H25N3O2/c1-5-8-17-15(20)10-18-14-7-6-13(9-12(14)4)16(21)19-11(2)3/h6-7,9,11,18H,5,8,10H2,1-4H3,(H,17,20)(H,19,21). The summed E-state index contributed by atoms with van der Waals surface area (Å²) in [4.78, 5) is 23.5. The minimum Gasteiger partial charge on any atom is -0.376 e. The van der Waals surface area contributed by atoms with Crippen molar-refractivity contribution in [2.45, 2.75) is 40.2 Å². The number of hydrogen-bond donors (Lipinski definition) is 3. The Kier molecular flexibility index (Phi) is 6.72. The first-order valence-corrected chi connectivity index (χ1v) is 7.36. The van der Waals surface area contributed by atoms with Crippen molar-refractivity contribution in [2.24, 2.45) is 0 Å². The third kappa shape index (κ3) is 5.85. The van der Waals surface area contributed by atoms with Crippen molar-refractivity contribution >= 4 is 17.5 Å². The van der Waals surface area contributed by atoms with E-state index in [4.69, 9.17) is 0 Å². The van der Waals surface area contributed by atoms with E-state index in [0.29, 0.717) is 12.1 Å². The van der Waals surface area contributed by atoms with Crippen LogP contribution in [0.4, 0.5) is 5.69 Å². The van der Waals surface area contributed by atoms with Gasteiger partial charge in [-0.2, -0.15) is 0 Å². The Labute approximate surface area is 126 Å². The van der Waals surface area contributed by atoms with Crippen LogP contribution in [0, 0.1) is 6.92 Å². The van der Waals surface area contributed by atoms with E-state index < -0.39 is 0 Å². The van der Waals surface area contributed by atoms with Crippen molar-refractivity contribution < 1.29 is 9.59 Å². The SMILES string of the molecule is CCCNC(=O)CNc1ccc(C(=O)NC(C)C)cc1C. The van der Waals surface area contributed by atoms with Gasteiger partial charge in [0, 0.05) is 23.8 Å². The fourth-order valence-corrected chi connectivity index (χ4v) is 1.85. The van der Waals surface area contributed by atoms with Gasteiger partial charge in [-0.15, -0.1) is 0 Å². The van der Waals surface area contributed by atoms with Gasteiger partial charge in [0.2, 0.25) is 5.91 Å². The third-order valence-electron chi connectivity index (χ3n) is 2.92. The molecule has 1 aromatic rings. The number of benzene rings is 1. The second kappa shape index (κ2) is 8.29. The zero-order chi connectivity index (χ0) is 15.8. The molecule has 0 spiro atoms. The Bertz CT molecular complexity index is 498. The normalized spacial score (nSPS) is 10.3. The van der Waals surface area contributed by atoms with Crippen molar-refractivity contribution in [1.82, 2.24) is 10.6 Å². The van der Waals surface area contributed by atoms with E-state index in [9.17, 15) is 9.59 Å². The zero-order valence-electron chi connectivity index (χ0n) is 13.2. The van der Waals surface area contributed by atoms with Crippen LogP contribution in [-0.2, 0) is 4.79 Å². The lowest BCUT2D eigenvalue weighted by Crippen LogP contribution is -2.31. The molecular weight excluding hydrogens is 266 g/mol. The van der Waals surface area contributed by atoms with Gasteiger partial charge >= 0.3 is 0 Å². The van der Waals surface area contributed by atoms with Gasteiger partial charge in [0.05, 0.1) is 6.54 Å². The van der Waals surface area contributed by atoms with E-state index in [2.05, 4.69) is 16.0 Å². The van der Waals surface area contributed by atoms with Crippen LogP contribution in [0.2, 0.25) is 0 Å². The van der Waals surface area contributed by atoms with Gasteiger partial charge in [-0.1, -0.05) is 6.92 Å². The molecule has 3 N–H and O–H groups in total. The quantitative estimate of drug-likeness (QED) is 0.720. The molecule has 0 fully saturated rings. The van der Waals surface area contributed by atoms with Gasteiger partial charge in [-0.25, -0.2) is 0 Å². The van der Waals surface area contributed by atoms with Crippen LogP contribution < -0.4 is 16.0 Å². The molecule has 0 saturated heterocycles. The fraction of sp³-hybridized carbons (Fsp3) is 0.500. The third-order valence-corrected chi connectivity index (χ3v) is 2.92. The number of rotatable bonds is 7. The largest absolute Gasteiger partial charge is 0.376 e. The summed E-state index contributed by atoms with van der Waals surface area (Å²) in [6.45, 7) is 8.70. The molecule has 0 aliphatic heterocycles. The highest BCUT2D eigenvalue weighted by molar-refractivity contribution is 5.95. The van der Waals surface area contributed by atoms with Gasteiger partial charge < -0.3 is 16.0 Å². The van der Waals surface area contributed by atoms with E-state index in [-0.39, 0.29) is 24.4 Å². The topological polar surface area (TPSA) is 70.2 Å². The lowest BCUT2D eigenvalue weighted by atomic mass is 10.1. The number of nitrogens with one attached hydrogen (secondary N) is 3. The fourth-order valence-electron chi connectivity index (χ4n) is 1.85.